The van der Waals surface area contributed by atoms with Crippen molar-refractivity contribution in [3.63, 3.8) is 0 Å². The van der Waals surface area contributed by atoms with E-state index in [1.54, 1.807) is 7.11 Å². The number of fused-ring (bicyclic) bond motifs is 1. The first kappa shape index (κ1) is 11.5. The molecule has 0 radical (unpaired) electrons. The zero-order valence-electron chi connectivity index (χ0n) is 10.7. The number of nitrogens with zero attached hydrogens (tertiary/aromatic N) is 2. The van der Waals surface area contributed by atoms with Crippen LogP contribution in [0.2, 0.25) is 0 Å². The second-order valence-electron chi connectivity index (χ2n) is 5.71. The Bertz CT molecular complexity index is 392. The van der Waals surface area contributed by atoms with E-state index in [1.807, 2.05) is 17.8 Å². The minimum Gasteiger partial charge on any atom is -0.474 e. The first-order valence-electron chi connectivity index (χ1n) is 5.60. The van der Waals surface area contributed by atoms with Gasteiger partial charge in [0.25, 0.3) is 0 Å². The monoisotopic (exact) mass is 224 g/mol. The van der Waals surface area contributed by atoms with E-state index in [4.69, 9.17) is 9.47 Å². The number of hydrogen-bond acceptors (Lipinski definition) is 3. The molecule has 0 bridgehead atoms. The van der Waals surface area contributed by atoms with Crippen molar-refractivity contribution in [2.45, 2.75) is 45.3 Å². The van der Waals surface area contributed by atoms with Gasteiger partial charge in [0.15, 0.2) is 0 Å². The zero-order chi connectivity index (χ0) is 12.0. The molecule has 4 nitrogen and oxygen atoms in total. The summed E-state index contributed by atoms with van der Waals surface area (Å²) in [6.45, 7) is 9.86. The molecular formula is C12H20N2O2. The van der Waals surface area contributed by atoms with Crippen LogP contribution in [0.15, 0.2) is 6.20 Å². The Hall–Kier alpha value is -1.03. The molecule has 0 amide bonds. The lowest BCUT2D eigenvalue weighted by Gasteiger charge is -2.33. The third-order valence-electron chi connectivity index (χ3n) is 3.09. The molecule has 0 saturated heterocycles. The standard InChI is InChI=1S/C12H20N2O2/c1-11(2,3)9-6-13-14-7-12(4,15-5)8-16-10(9)14/h6H,7-8H2,1-5H3. The third kappa shape index (κ3) is 1.82. The van der Waals surface area contributed by atoms with E-state index in [0.29, 0.717) is 6.61 Å². The molecular weight excluding hydrogens is 204 g/mol. The summed E-state index contributed by atoms with van der Waals surface area (Å²) < 4.78 is 13.1. The third-order valence-corrected chi connectivity index (χ3v) is 3.09. The van der Waals surface area contributed by atoms with Crippen LogP contribution in [0, 0.1) is 0 Å². The molecule has 90 valence electrons. The van der Waals surface area contributed by atoms with Gasteiger partial charge >= 0.3 is 0 Å². The van der Waals surface area contributed by atoms with Crippen molar-refractivity contribution < 1.29 is 9.47 Å². The minimum absolute atomic E-state index is 0.0639. The molecule has 1 aromatic heterocycles. The van der Waals surface area contributed by atoms with Gasteiger partial charge in [-0.1, -0.05) is 20.8 Å². The largest absolute Gasteiger partial charge is 0.474 e. The highest BCUT2D eigenvalue weighted by molar-refractivity contribution is 5.32. The van der Waals surface area contributed by atoms with E-state index >= 15 is 0 Å². The lowest BCUT2D eigenvalue weighted by molar-refractivity contribution is -0.0649. The van der Waals surface area contributed by atoms with Gasteiger partial charge < -0.3 is 9.47 Å². The molecule has 2 heterocycles. The lowest BCUT2D eigenvalue weighted by atomic mass is 9.89. The van der Waals surface area contributed by atoms with Crippen LogP contribution >= 0.6 is 0 Å². The summed E-state index contributed by atoms with van der Waals surface area (Å²) in [6, 6.07) is 0. The number of methoxy groups -OCH3 is 1. The molecule has 0 spiro atoms. The summed E-state index contributed by atoms with van der Waals surface area (Å²) in [7, 11) is 1.71. The Morgan fingerprint density at radius 2 is 2.19 bits per heavy atom. The van der Waals surface area contributed by atoms with Gasteiger partial charge in [-0.05, 0) is 12.3 Å². The van der Waals surface area contributed by atoms with Crippen LogP contribution in [0.5, 0.6) is 5.88 Å². The quantitative estimate of drug-likeness (QED) is 0.732. The fourth-order valence-electron chi connectivity index (χ4n) is 1.86. The number of hydrogen-bond donors (Lipinski definition) is 0. The Balaban J connectivity index is 2.34. The topological polar surface area (TPSA) is 36.3 Å². The van der Waals surface area contributed by atoms with Crippen molar-refractivity contribution in [2.24, 2.45) is 0 Å². The fraction of sp³-hybridized carbons (Fsp3) is 0.750. The van der Waals surface area contributed by atoms with Gasteiger partial charge in [0.05, 0.1) is 12.7 Å². The van der Waals surface area contributed by atoms with Crippen molar-refractivity contribution in [3.8, 4) is 5.88 Å². The molecule has 2 rings (SSSR count). The second kappa shape index (κ2) is 3.48. The Kier molecular flexibility index (Phi) is 2.49. The molecule has 1 aromatic rings. The van der Waals surface area contributed by atoms with Crippen LogP contribution in [0.4, 0.5) is 0 Å². The predicted molar refractivity (Wildman–Crippen MR) is 61.8 cm³/mol. The second-order valence-corrected chi connectivity index (χ2v) is 5.71. The van der Waals surface area contributed by atoms with Crippen molar-refractivity contribution in [2.75, 3.05) is 13.7 Å². The van der Waals surface area contributed by atoms with Crippen molar-refractivity contribution in [1.82, 2.24) is 9.78 Å². The van der Waals surface area contributed by atoms with Crippen LogP contribution in [0.3, 0.4) is 0 Å². The average molecular weight is 224 g/mol. The first-order valence-corrected chi connectivity index (χ1v) is 5.60. The smallest absolute Gasteiger partial charge is 0.215 e. The first-order chi connectivity index (χ1) is 7.36. The van der Waals surface area contributed by atoms with E-state index in [2.05, 4.69) is 25.9 Å². The molecule has 0 saturated carbocycles. The normalized spacial score (nSPS) is 25.1. The van der Waals surface area contributed by atoms with Crippen molar-refractivity contribution in [3.05, 3.63) is 11.8 Å². The summed E-state index contributed by atoms with van der Waals surface area (Å²) in [5.74, 6) is 0.891. The summed E-state index contributed by atoms with van der Waals surface area (Å²) in [4.78, 5) is 0. The predicted octanol–water partition coefficient (Wildman–Crippen LogP) is 1.98. The molecule has 0 fully saturated rings. The highest BCUT2D eigenvalue weighted by atomic mass is 16.5. The van der Waals surface area contributed by atoms with Gasteiger partial charge in [-0.2, -0.15) is 5.10 Å². The van der Waals surface area contributed by atoms with Crippen LogP contribution in [-0.4, -0.2) is 29.1 Å². The molecule has 0 N–H and O–H groups in total. The number of rotatable bonds is 1. The molecule has 1 aliphatic heterocycles. The molecule has 4 heteroatoms. The van der Waals surface area contributed by atoms with E-state index in [1.165, 1.54) is 0 Å². The Labute approximate surface area is 96.5 Å². The molecule has 16 heavy (non-hydrogen) atoms. The minimum atomic E-state index is -0.270. The van der Waals surface area contributed by atoms with Gasteiger partial charge in [0, 0.05) is 12.7 Å². The maximum atomic E-state index is 5.80. The maximum absolute atomic E-state index is 5.80. The van der Waals surface area contributed by atoms with Gasteiger partial charge in [0.2, 0.25) is 5.88 Å². The van der Waals surface area contributed by atoms with Gasteiger partial charge in [-0.3, -0.25) is 0 Å². The summed E-state index contributed by atoms with van der Waals surface area (Å²) in [6.07, 6.45) is 1.90. The van der Waals surface area contributed by atoms with Gasteiger partial charge in [-0.15, -0.1) is 0 Å². The number of ether oxygens (including phenoxy) is 2. The molecule has 0 aliphatic carbocycles. The average Bonchev–Trinajstić information content (AvgIpc) is 2.59. The van der Waals surface area contributed by atoms with E-state index in [-0.39, 0.29) is 11.0 Å². The maximum Gasteiger partial charge on any atom is 0.215 e. The highest BCUT2D eigenvalue weighted by Gasteiger charge is 2.35. The SMILES string of the molecule is COC1(C)COc2c(C(C)(C)C)cnn2C1. The molecule has 1 atom stereocenters. The van der Waals surface area contributed by atoms with E-state index < -0.39 is 0 Å². The Morgan fingerprint density at radius 3 is 2.75 bits per heavy atom. The summed E-state index contributed by atoms with van der Waals surface area (Å²) >= 11 is 0. The fourth-order valence-corrected chi connectivity index (χ4v) is 1.86. The van der Waals surface area contributed by atoms with Gasteiger partial charge in [0.1, 0.15) is 12.2 Å². The van der Waals surface area contributed by atoms with Crippen LogP contribution in [0.1, 0.15) is 33.3 Å². The van der Waals surface area contributed by atoms with Gasteiger partial charge in [-0.25, -0.2) is 4.68 Å². The van der Waals surface area contributed by atoms with E-state index in [0.717, 1.165) is 18.0 Å². The molecule has 1 unspecified atom stereocenters. The molecule has 1 aliphatic rings. The zero-order valence-corrected chi connectivity index (χ0v) is 10.7. The molecule has 0 aromatic carbocycles. The summed E-state index contributed by atoms with van der Waals surface area (Å²) in [5, 5.41) is 4.38. The van der Waals surface area contributed by atoms with Crippen LogP contribution in [0.25, 0.3) is 0 Å². The van der Waals surface area contributed by atoms with Crippen LogP contribution in [-0.2, 0) is 16.7 Å². The van der Waals surface area contributed by atoms with E-state index in [9.17, 15) is 0 Å². The highest BCUT2D eigenvalue weighted by Crippen LogP contribution is 2.35. The van der Waals surface area contributed by atoms with Crippen molar-refractivity contribution in [1.29, 1.82) is 0 Å². The lowest BCUT2D eigenvalue weighted by Crippen LogP contribution is -2.43. The summed E-state index contributed by atoms with van der Waals surface area (Å²) in [5.41, 5.74) is 0.952. The van der Waals surface area contributed by atoms with Crippen molar-refractivity contribution >= 4 is 0 Å². The Morgan fingerprint density at radius 1 is 1.50 bits per heavy atom. The number of aromatic nitrogens is 2. The van der Waals surface area contributed by atoms with Crippen LogP contribution < -0.4 is 4.74 Å².